The predicted molar refractivity (Wildman–Crippen MR) is 116 cm³/mol. The molecule has 1 aliphatic rings. The third kappa shape index (κ3) is 4.26. The molecule has 1 amide bonds. The van der Waals surface area contributed by atoms with Crippen LogP contribution in [0.4, 0.5) is 0 Å². The maximum absolute atomic E-state index is 13.2. The van der Waals surface area contributed by atoms with Gasteiger partial charge in [-0.2, -0.15) is 0 Å². The van der Waals surface area contributed by atoms with Gasteiger partial charge in [-0.05, 0) is 31.5 Å². The molecule has 1 aromatic carbocycles. The molecular weight excluding hydrogens is 380 g/mol. The van der Waals surface area contributed by atoms with Gasteiger partial charge in [-0.15, -0.1) is 0 Å². The second-order valence-electron chi connectivity index (χ2n) is 7.67. The molecule has 1 saturated heterocycles. The minimum atomic E-state index is 0.0164. The zero-order valence-electron chi connectivity index (χ0n) is 17.8. The molecule has 7 nitrogen and oxygen atoms in total. The van der Waals surface area contributed by atoms with E-state index in [1.165, 1.54) is 0 Å². The number of nitrogens with one attached hydrogen (secondary N) is 1. The van der Waals surface area contributed by atoms with Crippen molar-refractivity contribution in [2.24, 2.45) is 0 Å². The van der Waals surface area contributed by atoms with Crippen LogP contribution in [0.5, 0.6) is 11.5 Å². The lowest BCUT2D eigenvalue weighted by Crippen LogP contribution is -2.35. The molecule has 0 unspecified atom stereocenters. The summed E-state index contributed by atoms with van der Waals surface area (Å²) in [5.41, 5.74) is 3.51. The standard InChI is InChI=1S/C23H28N4O3/c1-16-6-4-7-17(24-16)15-26-8-5-9-27(11-10-26)23(28)21-14-19-20(25-21)12-18(29-2)13-22(19)30-3/h4,6-7,12-14,25H,5,8-11,15H2,1-3H3. The van der Waals surface area contributed by atoms with Crippen molar-refractivity contribution in [1.29, 1.82) is 0 Å². The van der Waals surface area contributed by atoms with E-state index in [4.69, 9.17) is 9.47 Å². The molecule has 1 aliphatic heterocycles. The van der Waals surface area contributed by atoms with Crippen molar-refractivity contribution in [3.63, 3.8) is 0 Å². The van der Waals surface area contributed by atoms with Gasteiger partial charge in [0.25, 0.3) is 5.91 Å². The van der Waals surface area contributed by atoms with E-state index in [-0.39, 0.29) is 5.91 Å². The predicted octanol–water partition coefficient (Wildman–Crippen LogP) is 3.24. The summed E-state index contributed by atoms with van der Waals surface area (Å²) in [6.45, 7) is 6.05. The molecule has 3 heterocycles. The number of hydrogen-bond acceptors (Lipinski definition) is 5. The van der Waals surface area contributed by atoms with Gasteiger partial charge >= 0.3 is 0 Å². The van der Waals surface area contributed by atoms with Gasteiger partial charge in [0.15, 0.2) is 0 Å². The van der Waals surface area contributed by atoms with E-state index in [1.54, 1.807) is 14.2 Å². The number of pyridine rings is 1. The smallest absolute Gasteiger partial charge is 0.270 e. The molecule has 2 aromatic heterocycles. The van der Waals surface area contributed by atoms with E-state index in [1.807, 2.05) is 42.2 Å². The topological polar surface area (TPSA) is 70.7 Å². The van der Waals surface area contributed by atoms with Gasteiger partial charge in [0.05, 0.1) is 25.4 Å². The number of carbonyl (C=O) groups excluding carboxylic acids is 1. The highest BCUT2D eigenvalue weighted by molar-refractivity contribution is 6.00. The third-order valence-electron chi connectivity index (χ3n) is 5.57. The third-order valence-corrected chi connectivity index (χ3v) is 5.57. The molecule has 0 atom stereocenters. The van der Waals surface area contributed by atoms with E-state index in [0.717, 1.165) is 54.9 Å². The Balaban J connectivity index is 1.47. The van der Waals surface area contributed by atoms with Crippen LogP contribution < -0.4 is 9.47 Å². The summed E-state index contributed by atoms with van der Waals surface area (Å²) in [5.74, 6) is 1.39. The average molecular weight is 409 g/mol. The number of aromatic amines is 1. The van der Waals surface area contributed by atoms with Crippen molar-refractivity contribution >= 4 is 16.8 Å². The van der Waals surface area contributed by atoms with Crippen LogP contribution in [0.25, 0.3) is 10.9 Å². The highest BCUT2D eigenvalue weighted by Gasteiger charge is 2.23. The van der Waals surface area contributed by atoms with Crippen molar-refractivity contribution in [2.45, 2.75) is 19.9 Å². The summed E-state index contributed by atoms with van der Waals surface area (Å²) in [4.78, 5) is 25.3. The lowest BCUT2D eigenvalue weighted by Gasteiger charge is -2.21. The molecule has 0 bridgehead atoms. The van der Waals surface area contributed by atoms with Gasteiger partial charge in [0.2, 0.25) is 0 Å². The first-order chi connectivity index (χ1) is 14.6. The Hall–Kier alpha value is -3.06. The van der Waals surface area contributed by atoms with Crippen molar-refractivity contribution in [1.82, 2.24) is 19.8 Å². The fraction of sp³-hybridized carbons (Fsp3) is 0.391. The van der Waals surface area contributed by atoms with Gasteiger partial charge in [-0.3, -0.25) is 14.7 Å². The number of H-pyrrole nitrogens is 1. The van der Waals surface area contributed by atoms with Gasteiger partial charge in [-0.1, -0.05) is 6.07 Å². The van der Waals surface area contributed by atoms with Gasteiger partial charge in [0.1, 0.15) is 17.2 Å². The van der Waals surface area contributed by atoms with Crippen LogP contribution in [0.15, 0.2) is 36.4 Å². The van der Waals surface area contributed by atoms with E-state index in [9.17, 15) is 4.79 Å². The fourth-order valence-electron chi connectivity index (χ4n) is 4.00. The van der Waals surface area contributed by atoms with Crippen LogP contribution >= 0.6 is 0 Å². The second kappa shape index (κ2) is 8.75. The van der Waals surface area contributed by atoms with Crippen LogP contribution in [-0.2, 0) is 6.54 Å². The summed E-state index contributed by atoms with van der Waals surface area (Å²) < 4.78 is 10.8. The Morgan fingerprint density at radius 2 is 1.97 bits per heavy atom. The molecule has 0 saturated carbocycles. The molecule has 158 valence electrons. The number of nitrogens with zero attached hydrogens (tertiary/aromatic N) is 3. The summed E-state index contributed by atoms with van der Waals surface area (Å²) in [6.07, 6.45) is 0.939. The maximum atomic E-state index is 13.2. The lowest BCUT2D eigenvalue weighted by molar-refractivity contribution is 0.0756. The van der Waals surface area contributed by atoms with Crippen molar-refractivity contribution in [3.05, 3.63) is 53.5 Å². The molecule has 0 radical (unpaired) electrons. The number of carbonyl (C=O) groups is 1. The highest BCUT2D eigenvalue weighted by atomic mass is 16.5. The van der Waals surface area contributed by atoms with Gasteiger partial charge in [0, 0.05) is 55.9 Å². The number of hydrogen-bond donors (Lipinski definition) is 1. The number of methoxy groups -OCH3 is 2. The molecular formula is C23H28N4O3. The summed E-state index contributed by atoms with van der Waals surface area (Å²) in [7, 11) is 3.24. The van der Waals surface area contributed by atoms with Crippen molar-refractivity contribution in [3.8, 4) is 11.5 Å². The summed E-state index contributed by atoms with van der Waals surface area (Å²) in [6, 6.07) is 11.7. The molecule has 30 heavy (non-hydrogen) atoms. The van der Waals surface area contributed by atoms with Gasteiger partial charge in [-0.25, -0.2) is 0 Å². The highest BCUT2D eigenvalue weighted by Crippen LogP contribution is 2.32. The number of aromatic nitrogens is 2. The van der Waals surface area contributed by atoms with E-state index in [2.05, 4.69) is 20.9 Å². The van der Waals surface area contributed by atoms with Crippen LogP contribution in [-0.4, -0.2) is 66.1 Å². The summed E-state index contributed by atoms with van der Waals surface area (Å²) in [5, 5.41) is 0.878. The monoisotopic (exact) mass is 408 g/mol. The minimum Gasteiger partial charge on any atom is -0.497 e. The number of rotatable bonds is 5. The molecule has 4 rings (SSSR count). The Morgan fingerprint density at radius 3 is 2.73 bits per heavy atom. The number of benzene rings is 1. The Kier molecular flexibility index (Phi) is 5.90. The minimum absolute atomic E-state index is 0.0164. The average Bonchev–Trinajstić information content (AvgIpc) is 3.05. The van der Waals surface area contributed by atoms with Gasteiger partial charge < -0.3 is 19.4 Å². The van der Waals surface area contributed by atoms with Crippen LogP contribution in [0.3, 0.4) is 0 Å². The largest absolute Gasteiger partial charge is 0.497 e. The van der Waals surface area contributed by atoms with Crippen LogP contribution in [0.1, 0.15) is 28.3 Å². The van der Waals surface area contributed by atoms with Crippen molar-refractivity contribution < 1.29 is 14.3 Å². The van der Waals surface area contributed by atoms with Crippen LogP contribution in [0.2, 0.25) is 0 Å². The first-order valence-corrected chi connectivity index (χ1v) is 10.3. The molecule has 1 N–H and O–H groups in total. The molecule has 1 fully saturated rings. The zero-order chi connectivity index (χ0) is 21.1. The number of ether oxygens (including phenoxy) is 2. The second-order valence-corrected chi connectivity index (χ2v) is 7.67. The van der Waals surface area contributed by atoms with E-state index in [0.29, 0.717) is 23.7 Å². The first kappa shape index (κ1) is 20.2. The molecule has 3 aromatic rings. The lowest BCUT2D eigenvalue weighted by atomic mass is 10.2. The SMILES string of the molecule is COc1cc(OC)c2cc(C(=O)N3CCCN(Cc4cccc(C)n4)CC3)[nH]c2c1. The van der Waals surface area contributed by atoms with Crippen molar-refractivity contribution in [2.75, 3.05) is 40.4 Å². The van der Waals surface area contributed by atoms with Crippen LogP contribution in [0, 0.1) is 6.92 Å². The quantitative estimate of drug-likeness (QED) is 0.702. The van der Waals surface area contributed by atoms with E-state index >= 15 is 0 Å². The first-order valence-electron chi connectivity index (χ1n) is 10.3. The molecule has 0 aliphatic carbocycles. The normalized spacial score (nSPS) is 15.2. The Bertz CT molecular complexity index is 1050. The Labute approximate surface area is 176 Å². The molecule has 7 heteroatoms. The summed E-state index contributed by atoms with van der Waals surface area (Å²) >= 11 is 0. The number of fused-ring (bicyclic) bond motifs is 1. The maximum Gasteiger partial charge on any atom is 0.270 e. The molecule has 0 spiro atoms. The Morgan fingerprint density at radius 1 is 1.10 bits per heavy atom. The number of amides is 1. The number of aryl methyl sites for hydroxylation is 1. The van der Waals surface area contributed by atoms with E-state index < -0.39 is 0 Å². The fourth-order valence-corrected chi connectivity index (χ4v) is 4.00. The zero-order valence-corrected chi connectivity index (χ0v) is 17.8.